The van der Waals surface area contributed by atoms with E-state index in [1.165, 1.54) is 29.9 Å². The molecular weight excluding hydrogens is 270 g/mol. The quantitative estimate of drug-likeness (QED) is 0.870. The Morgan fingerprint density at radius 1 is 1.25 bits per heavy atom. The van der Waals surface area contributed by atoms with Crippen molar-refractivity contribution in [2.75, 3.05) is 32.3 Å². The lowest BCUT2D eigenvalue weighted by Gasteiger charge is -2.24. The second kappa shape index (κ2) is 7.79. The van der Waals surface area contributed by atoms with E-state index in [-0.39, 0.29) is 0 Å². The molecule has 1 saturated heterocycles. The van der Waals surface area contributed by atoms with E-state index in [9.17, 15) is 0 Å². The van der Waals surface area contributed by atoms with Gasteiger partial charge in [-0.1, -0.05) is 6.07 Å². The molecule has 112 valence electrons. The van der Waals surface area contributed by atoms with Crippen LogP contribution >= 0.6 is 11.8 Å². The molecule has 1 fully saturated rings. The van der Waals surface area contributed by atoms with Crippen LogP contribution in [0.5, 0.6) is 11.5 Å². The Morgan fingerprint density at radius 3 is 2.65 bits per heavy atom. The predicted octanol–water partition coefficient (Wildman–Crippen LogP) is 3.50. The Hall–Kier alpha value is -0.870. The fraction of sp³-hybridized carbons (Fsp3) is 0.625. The molecule has 20 heavy (non-hydrogen) atoms. The Kier molecular flexibility index (Phi) is 6.05. The molecule has 3 nitrogen and oxygen atoms in total. The molecule has 4 heteroatoms. The van der Waals surface area contributed by atoms with Gasteiger partial charge in [0.05, 0.1) is 14.2 Å². The number of benzene rings is 1. The van der Waals surface area contributed by atoms with Crippen LogP contribution in [0, 0.1) is 5.92 Å². The molecule has 1 atom stereocenters. The van der Waals surface area contributed by atoms with Crippen LogP contribution in [0.25, 0.3) is 0 Å². The predicted molar refractivity (Wildman–Crippen MR) is 86.0 cm³/mol. The summed E-state index contributed by atoms with van der Waals surface area (Å²) in [6, 6.07) is 6.33. The molecule has 0 spiro atoms. The van der Waals surface area contributed by atoms with Gasteiger partial charge in [-0.2, -0.15) is 11.8 Å². The van der Waals surface area contributed by atoms with Gasteiger partial charge in [0.2, 0.25) is 0 Å². The van der Waals surface area contributed by atoms with Crippen LogP contribution in [-0.2, 0) is 0 Å². The fourth-order valence-corrected chi connectivity index (χ4v) is 3.78. The highest BCUT2D eigenvalue weighted by Crippen LogP contribution is 2.30. The number of nitrogens with one attached hydrogen (secondary N) is 1. The molecule has 1 N–H and O–H groups in total. The average molecular weight is 295 g/mol. The van der Waals surface area contributed by atoms with E-state index in [4.69, 9.17) is 9.47 Å². The van der Waals surface area contributed by atoms with Crippen molar-refractivity contribution in [1.29, 1.82) is 0 Å². The molecular formula is C16H25NO2S. The highest BCUT2D eigenvalue weighted by atomic mass is 32.2. The van der Waals surface area contributed by atoms with Gasteiger partial charge in [-0.3, -0.25) is 0 Å². The molecule has 0 saturated carbocycles. The summed E-state index contributed by atoms with van der Waals surface area (Å²) < 4.78 is 10.7. The van der Waals surface area contributed by atoms with E-state index in [1.807, 2.05) is 12.1 Å². The van der Waals surface area contributed by atoms with Crippen LogP contribution in [0.15, 0.2) is 18.2 Å². The van der Waals surface area contributed by atoms with Crippen LogP contribution < -0.4 is 14.8 Å². The molecule has 0 aromatic heterocycles. The molecule has 2 rings (SSSR count). The van der Waals surface area contributed by atoms with Gasteiger partial charge in [0.15, 0.2) is 0 Å². The summed E-state index contributed by atoms with van der Waals surface area (Å²) in [5.41, 5.74) is 1.19. The minimum absolute atomic E-state index is 0.297. The molecule has 0 radical (unpaired) electrons. The number of hydrogen-bond acceptors (Lipinski definition) is 4. The number of thioether (sulfide) groups is 1. The van der Waals surface area contributed by atoms with Gasteiger partial charge < -0.3 is 14.8 Å². The lowest BCUT2D eigenvalue weighted by molar-refractivity contribution is 0.379. The zero-order valence-corrected chi connectivity index (χ0v) is 13.5. The van der Waals surface area contributed by atoms with E-state index in [0.29, 0.717) is 6.04 Å². The Labute approximate surface area is 126 Å². The van der Waals surface area contributed by atoms with Crippen LogP contribution in [-0.4, -0.2) is 32.3 Å². The number of ether oxygens (including phenoxy) is 2. The lowest BCUT2D eigenvalue weighted by atomic mass is 10.0. The fourth-order valence-electron chi connectivity index (χ4n) is 2.58. The van der Waals surface area contributed by atoms with Crippen molar-refractivity contribution in [2.24, 2.45) is 5.92 Å². The highest BCUT2D eigenvalue weighted by Gasteiger charge is 2.17. The van der Waals surface area contributed by atoms with Crippen LogP contribution in [0.4, 0.5) is 0 Å². The molecule has 0 aliphatic carbocycles. The maximum Gasteiger partial charge on any atom is 0.127 e. The largest absolute Gasteiger partial charge is 0.497 e. The molecule has 0 amide bonds. The molecule has 0 bridgehead atoms. The van der Waals surface area contributed by atoms with Crippen molar-refractivity contribution in [3.8, 4) is 11.5 Å². The third-order valence-electron chi connectivity index (χ3n) is 3.96. The Bertz CT molecular complexity index is 419. The van der Waals surface area contributed by atoms with Gasteiger partial charge in [-0.25, -0.2) is 0 Å². The zero-order chi connectivity index (χ0) is 14.4. The Balaban J connectivity index is 1.95. The molecule has 1 heterocycles. The van der Waals surface area contributed by atoms with Crippen molar-refractivity contribution in [2.45, 2.75) is 25.8 Å². The summed E-state index contributed by atoms with van der Waals surface area (Å²) in [4.78, 5) is 0. The summed E-state index contributed by atoms with van der Waals surface area (Å²) in [5, 5.41) is 3.65. The summed E-state index contributed by atoms with van der Waals surface area (Å²) >= 11 is 2.08. The molecule has 1 aliphatic heterocycles. The normalized spacial score (nSPS) is 17.8. The first-order valence-corrected chi connectivity index (χ1v) is 8.43. The zero-order valence-electron chi connectivity index (χ0n) is 12.6. The summed E-state index contributed by atoms with van der Waals surface area (Å²) in [7, 11) is 3.39. The first-order chi connectivity index (χ1) is 9.74. The van der Waals surface area contributed by atoms with Crippen LogP contribution in [0.1, 0.15) is 31.4 Å². The minimum Gasteiger partial charge on any atom is -0.497 e. The minimum atomic E-state index is 0.297. The van der Waals surface area contributed by atoms with Gasteiger partial charge in [0, 0.05) is 17.7 Å². The summed E-state index contributed by atoms with van der Waals surface area (Å²) in [5.74, 6) is 5.17. The maximum absolute atomic E-state index is 5.48. The number of rotatable bonds is 6. The third kappa shape index (κ3) is 4.06. The van der Waals surface area contributed by atoms with Gasteiger partial charge in [0.1, 0.15) is 11.5 Å². The number of hydrogen-bond donors (Lipinski definition) is 1. The van der Waals surface area contributed by atoms with Crippen molar-refractivity contribution in [1.82, 2.24) is 5.32 Å². The van der Waals surface area contributed by atoms with E-state index in [0.717, 1.165) is 24.0 Å². The van der Waals surface area contributed by atoms with E-state index >= 15 is 0 Å². The van der Waals surface area contributed by atoms with Gasteiger partial charge in [0.25, 0.3) is 0 Å². The van der Waals surface area contributed by atoms with Crippen molar-refractivity contribution in [3.63, 3.8) is 0 Å². The van der Waals surface area contributed by atoms with Gasteiger partial charge in [-0.15, -0.1) is 0 Å². The molecule has 1 unspecified atom stereocenters. The monoisotopic (exact) mass is 295 g/mol. The second-order valence-electron chi connectivity index (χ2n) is 5.29. The van der Waals surface area contributed by atoms with Gasteiger partial charge in [-0.05, 0) is 49.8 Å². The van der Waals surface area contributed by atoms with Crippen LogP contribution in [0.3, 0.4) is 0 Å². The first kappa shape index (κ1) is 15.5. The van der Waals surface area contributed by atoms with Crippen molar-refractivity contribution >= 4 is 11.8 Å². The maximum atomic E-state index is 5.48. The third-order valence-corrected chi connectivity index (χ3v) is 5.01. The standard InChI is InChI=1S/C16H25NO2S/c1-12(17-11-13-6-8-20-9-7-13)15-5-4-14(18-2)10-16(15)19-3/h4-5,10,12-13,17H,6-9,11H2,1-3H3. The van der Waals surface area contributed by atoms with Crippen molar-refractivity contribution < 1.29 is 9.47 Å². The molecule has 1 aromatic carbocycles. The summed E-state index contributed by atoms with van der Waals surface area (Å²) in [6.45, 7) is 3.29. The second-order valence-corrected chi connectivity index (χ2v) is 6.52. The molecule has 1 aliphatic rings. The average Bonchev–Trinajstić information content (AvgIpc) is 2.52. The summed E-state index contributed by atoms with van der Waals surface area (Å²) in [6.07, 6.45) is 2.67. The first-order valence-electron chi connectivity index (χ1n) is 7.27. The lowest BCUT2D eigenvalue weighted by Crippen LogP contribution is -2.28. The van der Waals surface area contributed by atoms with E-state index in [2.05, 4.69) is 30.1 Å². The smallest absolute Gasteiger partial charge is 0.127 e. The van der Waals surface area contributed by atoms with E-state index in [1.54, 1.807) is 14.2 Å². The highest BCUT2D eigenvalue weighted by molar-refractivity contribution is 7.99. The van der Waals surface area contributed by atoms with Crippen molar-refractivity contribution in [3.05, 3.63) is 23.8 Å². The van der Waals surface area contributed by atoms with Gasteiger partial charge >= 0.3 is 0 Å². The molecule has 1 aromatic rings. The Morgan fingerprint density at radius 2 is 2.00 bits per heavy atom. The SMILES string of the molecule is COc1ccc(C(C)NCC2CCSCC2)c(OC)c1. The van der Waals surface area contributed by atoms with Crippen LogP contribution in [0.2, 0.25) is 0 Å². The van der Waals surface area contributed by atoms with E-state index < -0.39 is 0 Å². The topological polar surface area (TPSA) is 30.5 Å². The number of methoxy groups -OCH3 is 2.